The van der Waals surface area contributed by atoms with Crippen molar-refractivity contribution in [3.8, 4) is 0 Å². The van der Waals surface area contributed by atoms with E-state index in [1.54, 1.807) is 0 Å². The van der Waals surface area contributed by atoms with E-state index in [0.717, 1.165) is 17.7 Å². The van der Waals surface area contributed by atoms with Gasteiger partial charge in [-0.2, -0.15) is 0 Å². The molecule has 0 radical (unpaired) electrons. The van der Waals surface area contributed by atoms with Gasteiger partial charge in [0.2, 0.25) is 11.8 Å². The summed E-state index contributed by atoms with van der Waals surface area (Å²) in [6, 6.07) is -0.616. The van der Waals surface area contributed by atoms with Crippen molar-refractivity contribution in [2.45, 2.75) is 26.2 Å². The highest BCUT2D eigenvalue weighted by atomic mass is 16.2. The van der Waals surface area contributed by atoms with Gasteiger partial charge in [-0.15, -0.1) is 0 Å². The first-order valence-electron chi connectivity index (χ1n) is 5.17. The molecule has 0 unspecified atom stereocenters. The van der Waals surface area contributed by atoms with Crippen molar-refractivity contribution in [3.05, 3.63) is 0 Å². The number of urea groups is 1. The molecule has 2 fully saturated rings. The Morgan fingerprint density at radius 2 is 2.00 bits per heavy atom. The van der Waals surface area contributed by atoms with E-state index in [4.69, 9.17) is 0 Å². The van der Waals surface area contributed by atoms with Gasteiger partial charge in [-0.3, -0.25) is 19.8 Å². The third-order valence-electron chi connectivity index (χ3n) is 3.45. The molecule has 1 saturated heterocycles. The Morgan fingerprint density at radius 3 is 2.47 bits per heavy atom. The molecular formula is C10H14N2O3. The molecule has 1 aliphatic carbocycles. The molecule has 1 atom stereocenters. The Kier molecular flexibility index (Phi) is 2.06. The Bertz CT molecular complexity index is 349. The minimum absolute atomic E-state index is 0.116. The normalized spacial score (nSPS) is 31.9. The van der Waals surface area contributed by atoms with E-state index in [-0.39, 0.29) is 11.8 Å². The molecule has 0 aromatic rings. The summed E-state index contributed by atoms with van der Waals surface area (Å²) in [4.78, 5) is 36.1. The number of carbonyl (C=O) groups excluding carboxylic acids is 3. The lowest BCUT2D eigenvalue weighted by atomic mass is 9.76. The number of barbiturate groups is 1. The van der Waals surface area contributed by atoms with Crippen LogP contribution in [0.25, 0.3) is 0 Å². The average molecular weight is 210 g/mol. The van der Waals surface area contributed by atoms with Crippen molar-refractivity contribution in [2.24, 2.45) is 11.3 Å². The van der Waals surface area contributed by atoms with Crippen LogP contribution in [0.15, 0.2) is 0 Å². The van der Waals surface area contributed by atoms with Crippen molar-refractivity contribution >= 4 is 17.8 Å². The van der Waals surface area contributed by atoms with E-state index in [2.05, 4.69) is 5.32 Å². The molecule has 0 aromatic heterocycles. The number of hydrogen-bond acceptors (Lipinski definition) is 3. The van der Waals surface area contributed by atoms with E-state index >= 15 is 0 Å². The third kappa shape index (κ3) is 1.19. The summed E-state index contributed by atoms with van der Waals surface area (Å²) >= 11 is 0. The molecule has 15 heavy (non-hydrogen) atoms. The molecule has 2 aliphatic rings. The maximum atomic E-state index is 12.0. The van der Waals surface area contributed by atoms with E-state index < -0.39 is 17.4 Å². The lowest BCUT2D eigenvalue weighted by Gasteiger charge is -2.37. The maximum Gasteiger partial charge on any atom is 0.330 e. The molecule has 4 amide bonds. The van der Waals surface area contributed by atoms with Crippen LogP contribution in [0, 0.1) is 11.3 Å². The van der Waals surface area contributed by atoms with E-state index in [9.17, 15) is 14.4 Å². The third-order valence-corrected chi connectivity index (χ3v) is 3.45. The van der Waals surface area contributed by atoms with Crippen LogP contribution >= 0.6 is 0 Å². The second-order valence-corrected chi connectivity index (χ2v) is 4.22. The number of carbonyl (C=O) groups is 3. The Labute approximate surface area is 87.8 Å². The summed E-state index contributed by atoms with van der Waals surface area (Å²) in [6.07, 6.45) is 2.25. The van der Waals surface area contributed by atoms with Gasteiger partial charge in [0.05, 0.1) is 0 Å². The molecule has 5 nitrogen and oxygen atoms in total. The van der Waals surface area contributed by atoms with Crippen LogP contribution in [-0.2, 0) is 9.59 Å². The fourth-order valence-electron chi connectivity index (χ4n) is 2.32. The molecule has 1 heterocycles. The van der Waals surface area contributed by atoms with Crippen molar-refractivity contribution in [1.82, 2.24) is 10.2 Å². The van der Waals surface area contributed by atoms with E-state index in [1.165, 1.54) is 7.05 Å². The van der Waals surface area contributed by atoms with Crippen molar-refractivity contribution in [3.63, 3.8) is 0 Å². The van der Waals surface area contributed by atoms with Gasteiger partial charge in [0, 0.05) is 7.05 Å². The fraction of sp³-hybridized carbons (Fsp3) is 0.700. The number of nitrogens with zero attached hydrogens (tertiary/aromatic N) is 1. The first-order valence-corrected chi connectivity index (χ1v) is 5.17. The van der Waals surface area contributed by atoms with Crippen LogP contribution in [0.5, 0.6) is 0 Å². The highest BCUT2D eigenvalue weighted by molar-refractivity contribution is 6.19. The van der Waals surface area contributed by atoms with Crippen LogP contribution in [0.1, 0.15) is 26.2 Å². The number of nitrogens with one attached hydrogen (secondary N) is 1. The van der Waals surface area contributed by atoms with Crippen molar-refractivity contribution in [1.29, 1.82) is 0 Å². The first kappa shape index (κ1) is 10.1. The number of amides is 4. The molecule has 2 rings (SSSR count). The highest BCUT2D eigenvalue weighted by Gasteiger charge is 2.59. The van der Waals surface area contributed by atoms with Gasteiger partial charge in [-0.25, -0.2) is 4.79 Å². The fourth-order valence-corrected chi connectivity index (χ4v) is 2.32. The van der Waals surface area contributed by atoms with Gasteiger partial charge in [-0.05, 0) is 25.2 Å². The number of imide groups is 2. The monoisotopic (exact) mass is 210 g/mol. The standard InChI is InChI=1S/C10H14N2O3/c1-3-10(6-4-5-6)7(13)11-9(15)12(2)8(10)14/h6H,3-5H2,1-2H3,(H,11,13,15)/t10-/m1/s1. The largest absolute Gasteiger partial charge is 0.330 e. The number of hydrogen-bond donors (Lipinski definition) is 1. The van der Waals surface area contributed by atoms with Gasteiger partial charge in [-0.1, -0.05) is 6.92 Å². The SMILES string of the molecule is CC[C@@]1(C2CC2)C(=O)NC(=O)N(C)C1=O. The lowest BCUT2D eigenvalue weighted by molar-refractivity contribution is -0.152. The topological polar surface area (TPSA) is 66.5 Å². The van der Waals surface area contributed by atoms with E-state index in [1.807, 2.05) is 6.92 Å². The van der Waals surface area contributed by atoms with Crippen molar-refractivity contribution in [2.75, 3.05) is 7.05 Å². The Morgan fingerprint density at radius 1 is 1.40 bits per heavy atom. The second kappa shape index (κ2) is 3.05. The van der Waals surface area contributed by atoms with Crippen LogP contribution in [-0.4, -0.2) is 29.8 Å². The number of rotatable bonds is 2. The Hall–Kier alpha value is -1.39. The van der Waals surface area contributed by atoms with Gasteiger partial charge < -0.3 is 0 Å². The van der Waals surface area contributed by atoms with Gasteiger partial charge in [0.1, 0.15) is 5.41 Å². The average Bonchev–Trinajstić information content (AvgIpc) is 3.00. The summed E-state index contributed by atoms with van der Waals surface area (Å²) in [6.45, 7) is 1.82. The van der Waals surface area contributed by atoms with Crippen LogP contribution < -0.4 is 5.32 Å². The summed E-state index contributed by atoms with van der Waals surface area (Å²) in [5, 5.41) is 2.25. The second-order valence-electron chi connectivity index (χ2n) is 4.22. The van der Waals surface area contributed by atoms with Gasteiger partial charge in [0.25, 0.3) is 0 Å². The van der Waals surface area contributed by atoms with Crippen LogP contribution in [0.4, 0.5) is 4.79 Å². The zero-order chi connectivity index (χ0) is 11.2. The lowest BCUT2D eigenvalue weighted by Crippen LogP contribution is -2.63. The maximum absolute atomic E-state index is 12.0. The molecule has 0 spiro atoms. The molecule has 5 heteroatoms. The van der Waals surface area contributed by atoms with Gasteiger partial charge >= 0.3 is 6.03 Å². The molecule has 1 saturated carbocycles. The summed E-state index contributed by atoms with van der Waals surface area (Å²) < 4.78 is 0. The van der Waals surface area contributed by atoms with Crippen molar-refractivity contribution < 1.29 is 14.4 Å². The van der Waals surface area contributed by atoms with E-state index in [0.29, 0.717) is 6.42 Å². The molecular weight excluding hydrogens is 196 g/mol. The Balaban J connectivity index is 2.40. The molecule has 82 valence electrons. The summed E-state index contributed by atoms with van der Waals surface area (Å²) in [5.74, 6) is -0.646. The minimum Gasteiger partial charge on any atom is -0.277 e. The van der Waals surface area contributed by atoms with Gasteiger partial charge in [0.15, 0.2) is 0 Å². The smallest absolute Gasteiger partial charge is 0.277 e. The molecule has 0 bridgehead atoms. The predicted octanol–water partition coefficient (Wildman–Crippen LogP) is 0.501. The molecule has 1 aliphatic heterocycles. The molecule has 0 aromatic carbocycles. The van der Waals surface area contributed by atoms with Crippen LogP contribution in [0.3, 0.4) is 0 Å². The summed E-state index contributed by atoms with van der Waals surface area (Å²) in [5.41, 5.74) is -0.983. The summed E-state index contributed by atoms with van der Waals surface area (Å²) in [7, 11) is 1.41. The molecule has 1 N–H and O–H groups in total. The highest BCUT2D eigenvalue weighted by Crippen LogP contribution is 2.49. The zero-order valence-corrected chi connectivity index (χ0v) is 8.87. The first-order chi connectivity index (χ1) is 7.04. The predicted molar refractivity (Wildman–Crippen MR) is 51.8 cm³/mol. The quantitative estimate of drug-likeness (QED) is 0.675. The minimum atomic E-state index is -0.983. The zero-order valence-electron chi connectivity index (χ0n) is 8.87. The van der Waals surface area contributed by atoms with Crippen LogP contribution in [0.2, 0.25) is 0 Å².